The minimum atomic E-state index is 0. The minimum Gasteiger partial charge on any atom is -1.00 e. The largest absolute Gasteiger partial charge is 3.00 e. The Balaban J connectivity index is 0. The van der Waals surface area contributed by atoms with Crippen LogP contribution >= 0.6 is 9.90 Å². The van der Waals surface area contributed by atoms with Crippen molar-refractivity contribution in [3.8, 4) is 0 Å². The van der Waals surface area contributed by atoms with Crippen LogP contribution < -0.4 is 56.5 Å². The van der Waals surface area contributed by atoms with Gasteiger partial charge in [0.05, 0.1) is 0 Å². The first-order chi connectivity index (χ1) is 0. The first kappa shape index (κ1) is 728. The topological polar surface area (TPSA) is 0 Å². The Bertz CT molecular complexity index is 19.0. The van der Waals surface area contributed by atoms with Gasteiger partial charge in [0.1, 0.15) is 0 Å². The molecule has 0 N–H and O–H groups in total. The van der Waals surface area contributed by atoms with Gasteiger partial charge >= 0.3 is 68.9 Å². The summed E-state index contributed by atoms with van der Waals surface area (Å²) in [5.41, 5.74) is 0. The van der Waals surface area contributed by atoms with E-state index in [9.17, 15) is 0 Å². The number of halogens is 8. The molecule has 3 radical (unpaired) electrons. The molecule has 0 saturated heterocycles. The summed E-state index contributed by atoms with van der Waals surface area (Å²) in [5.74, 6) is 0. The molecule has 0 saturated carbocycles. The molecule has 0 bridgehead atoms. The van der Waals surface area contributed by atoms with E-state index in [2.05, 4.69) is 0 Å². The molecule has 0 aromatic carbocycles. The van der Waals surface area contributed by atoms with Gasteiger partial charge in [-0.3, -0.25) is 0 Å². The summed E-state index contributed by atoms with van der Waals surface area (Å²) in [6.45, 7) is 0. The maximum absolute atomic E-state index is 0. The van der Waals surface area contributed by atoms with Crippen LogP contribution in [0.2, 0.25) is 0 Å². The van der Waals surface area contributed by atoms with Gasteiger partial charge in [-0.1, -0.05) is 0 Å². The smallest absolute Gasteiger partial charge is 1.00 e. The van der Waals surface area contributed by atoms with Gasteiger partial charge in [-0.2, -0.15) is 0 Å². The normalized spacial score (nSPS) is 0. The molecule has 0 aromatic heterocycles. The van der Waals surface area contributed by atoms with Crippen LogP contribution in [0.5, 0.6) is 0 Å². The second-order valence-electron chi connectivity index (χ2n) is 0. The number of rotatable bonds is 0. The van der Waals surface area contributed by atoms with Crippen molar-refractivity contribution < 1.29 is 73.6 Å². The molecule has 0 aromatic rings. The molecule has 0 atom stereocenters. The number of hydrogen-bond donors (Lipinski definition) is 0. The number of hydrogen-bond acceptors (Lipinski definition) is 0. The van der Waals surface area contributed by atoms with Gasteiger partial charge in [0.15, 0.2) is 0 Å². The molecule has 0 heterocycles. The Morgan fingerprint density at radius 1 is 0.417 bits per heavy atom. The average molecular weight is 278 g/mol. The summed E-state index contributed by atoms with van der Waals surface area (Å²) in [4.78, 5) is 0. The predicted molar refractivity (Wildman–Crippen MR) is 12.7 cm³/mol. The molecule has 0 fully saturated rings. The van der Waals surface area contributed by atoms with Crippen LogP contribution in [-0.2, 0) is 17.1 Å². The van der Waals surface area contributed by atoms with Gasteiger partial charge in [0, 0.05) is 0 Å². The van der Waals surface area contributed by atoms with Crippen LogP contribution in [0.3, 0.4) is 0 Å². The predicted octanol–water partition coefficient (Wildman–Crippen LogP) is -26.5. The third-order valence-corrected chi connectivity index (χ3v) is 0. The maximum atomic E-state index is 0. The van der Waals surface area contributed by atoms with E-state index in [1.54, 1.807) is 0 Å². The van der Waals surface area contributed by atoms with E-state index in [1.165, 1.54) is 0 Å². The van der Waals surface area contributed by atoms with Gasteiger partial charge in [-0.05, 0) is 0 Å². The maximum Gasteiger partial charge on any atom is 3.00 e. The van der Waals surface area contributed by atoms with Crippen LogP contribution in [-0.4, -0.2) is 23.1 Å². The van der Waals surface area contributed by atoms with Crippen molar-refractivity contribution in [1.29, 1.82) is 0 Å². The van der Waals surface area contributed by atoms with Crippen LogP contribution in [0, 0.1) is 0 Å². The molecule has 0 unspecified atom stereocenters. The molecule has 0 aliphatic heterocycles. The Kier molecular flexibility index (Phi) is 34800. The zero-order valence-corrected chi connectivity index (χ0v) is 8.73. The van der Waals surface area contributed by atoms with Crippen molar-refractivity contribution in [1.82, 2.24) is 0 Å². The van der Waals surface area contributed by atoms with Crippen molar-refractivity contribution in [2.75, 3.05) is 0 Å². The SMILES string of the molecule is [Cu+2].[F-].[F-].[F-].[F-].[F-].[F-].[F-].[F-].[Li+].[Mg+2].[P+3]. The molecule has 0 nitrogen and oxygen atoms in total. The van der Waals surface area contributed by atoms with E-state index in [0.717, 1.165) is 0 Å². The van der Waals surface area contributed by atoms with Gasteiger partial charge < -0.3 is 37.6 Å². The molecule has 0 amide bonds. The summed E-state index contributed by atoms with van der Waals surface area (Å²) in [6.07, 6.45) is 0. The van der Waals surface area contributed by atoms with Crippen molar-refractivity contribution in [3.05, 3.63) is 0 Å². The van der Waals surface area contributed by atoms with Crippen LogP contribution in [0.15, 0.2) is 0 Å². The fourth-order valence-corrected chi connectivity index (χ4v) is 0. The fourth-order valence-electron chi connectivity index (χ4n) is 0. The zero-order chi connectivity index (χ0) is 0. The second kappa shape index (κ2) is 573. The Morgan fingerprint density at radius 2 is 0.417 bits per heavy atom. The monoisotopic (exact) mass is 277 g/mol. The van der Waals surface area contributed by atoms with Crippen LogP contribution in [0.25, 0.3) is 0 Å². The molecule has 0 rings (SSSR count). The van der Waals surface area contributed by atoms with Crippen molar-refractivity contribution >= 4 is 33.0 Å². The average Bonchev–Trinajstić information content (AvgIpc) is 0. The van der Waals surface area contributed by atoms with Gasteiger partial charge in [-0.15, -0.1) is 0 Å². The summed E-state index contributed by atoms with van der Waals surface area (Å²) in [5, 5.41) is 0. The Labute approximate surface area is 106 Å². The van der Waals surface area contributed by atoms with Gasteiger partial charge in [-0.25, -0.2) is 0 Å². The third kappa shape index (κ3) is 442. The fraction of sp³-hybridized carbons (Fsp3) is 0. The van der Waals surface area contributed by atoms with E-state index >= 15 is 0 Å². The summed E-state index contributed by atoms with van der Waals surface area (Å²) in [7, 11) is 0. The molecule has 12 heavy (non-hydrogen) atoms. The third-order valence-electron chi connectivity index (χ3n) is 0. The Morgan fingerprint density at radius 3 is 0.417 bits per heavy atom. The summed E-state index contributed by atoms with van der Waals surface area (Å²) in [6, 6.07) is 0. The van der Waals surface area contributed by atoms with E-state index in [4.69, 9.17) is 0 Å². The van der Waals surface area contributed by atoms with E-state index < -0.39 is 0 Å². The molecular weight excluding hydrogens is 278 g/mol. The molecule has 0 spiro atoms. The van der Waals surface area contributed by atoms with Crippen LogP contribution in [0.1, 0.15) is 0 Å². The van der Waals surface area contributed by atoms with Gasteiger partial charge in [0.25, 0.3) is 0 Å². The van der Waals surface area contributed by atoms with Crippen molar-refractivity contribution in [2.45, 2.75) is 0 Å². The first-order valence-electron chi connectivity index (χ1n) is 0. The first-order valence-corrected chi connectivity index (χ1v) is 0. The van der Waals surface area contributed by atoms with Crippen LogP contribution in [0.4, 0.5) is 0 Å². The molecule has 75 valence electrons. The minimum absolute atomic E-state index is 0. The Hall–Kier alpha value is 1.75. The van der Waals surface area contributed by atoms with E-state index in [0.29, 0.717) is 0 Å². The second-order valence-corrected chi connectivity index (χ2v) is 0. The van der Waals surface area contributed by atoms with Crippen molar-refractivity contribution in [2.24, 2.45) is 0 Å². The molecular formula is CuF8LiMgP. The summed E-state index contributed by atoms with van der Waals surface area (Å²) >= 11 is 0. The molecule has 0 aliphatic rings. The standard InChI is InChI=1S/Cu.8FH.Li.Mg.P/h;8*1H;;;/q+2;;;;;;;;;+1;+2;+3/p-8. The van der Waals surface area contributed by atoms with Crippen molar-refractivity contribution in [3.63, 3.8) is 0 Å². The molecule has 12 heteroatoms. The summed E-state index contributed by atoms with van der Waals surface area (Å²) < 4.78 is 0. The quantitative estimate of drug-likeness (QED) is 0.234. The molecule has 0 aliphatic carbocycles. The van der Waals surface area contributed by atoms with E-state index in [-0.39, 0.29) is 107 Å². The zero-order valence-electron chi connectivity index (χ0n) is 5.48. The van der Waals surface area contributed by atoms with Gasteiger partial charge in [0.2, 0.25) is 0 Å². The van der Waals surface area contributed by atoms with E-state index in [1.807, 2.05) is 0 Å².